The number of nitrogens with zero attached hydrogens (tertiary/aromatic N) is 1. The fourth-order valence-corrected chi connectivity index (χ4v) is 2.99. The summed E-state index contributed by atoms with van der Waals surface area (Å²) in [5, 5.41) is 11.2. The van der Waals surface area contributed by atoms with Crippen molar-refractivity contribution < 1.29 is 4.79 Å². The van der Waals surface area contributed by atoms with Crippen LogP contribution in [0.4, 0.5) is 4.79 Å². The van der Waals surface area contributed by atoms with Crippen LogP contribution in [0.25, 0.3) is 0 Å². The summed E-state index contributed by atoms with van der Waals surface area (Å²) in [6, 6.07) is -0.214. The van der Waals surface area contributed by atoms with Gasteiger partial charge in [-0.3, -0.25) is 10.7 Å². The Bertz CT molecular complexity index is 260. The zero-order valence-electron chi connectivity index (χ0n) is 10.8. The predicted molar refractivity (Wildman–Crippen MR) is 73.6 cm³/mol. The van der Waals surface area contributed by atoms with Crippen LogP contribution in [0.2, 0.25) is 0 Å². The van der Waals surface area contributed by atoms with Gasteiger partial charge >= 0.3 is 6.03 Å². The van der Waals surface area contributed by atoms with Gasteiger partial charge in [0.25, 0.3) is 0 Å². The number of hydrogen-bond donors (Lipinski definition) is 2. The first-order valence-electron chi connectivity index (χ1n) is 6.33. The van der Waals surface area contributed by atoms with Crippen LogP contribution < -0.4 is 5.32 Å². The first-order chi connectivity index (χ1) is 8.09. The summed E-state index contributed by atoms with van der Waals surface area (Å²) in [7, 11) is 3.37. The molecule has 4 nitrogen and oxygen atoms in total. The molecule has 0 aromatic rings. The minimum Gasteiger partial charge on any atom is -0.331 e. The molecule has 0 bridgehead atoms. The third-order valence-electron chi connectivity index (χ3n) is 2.96. The van der Waals surface area contributed by atoms with Crippen molar-refractivity contribution in [3.8, 4) is 0 Å². The molecule has 17 heavy (non-hydrogen) atoms. The number of amides is 2. The Labute approximate surface area is 108 Å². The van der Waals surface area contributed by atoms with E-state index in [1.807, 2.05) is 0 Å². The van der Waals surface area contributed by atoms with Crippen molar-refractivity contribution in [1.29, 1.82) is 5.41 Å². The molecule has 1 rings (SSSR count). The normalized spacial score (nSPS) is 18.0. The van der Waals surface area contributed by atoms with Crippen LogP contribution in [-0.4, -0.2) is 35.4 Å². The van der Waals surface area contributed by atoms with Gasteiger partial charge in [0.05, 0.1) is 0 Å². The molecule has 0 unspecified atom stereocenters. The van der Waals surface area contributed by atoms with Crippen molar-refractivity contribution in [3.05, 3.63) is 0 Å². The molecule has 1 saturated carbocycles. The number of rotatable bonds is 1. The average molecular weight is 257 g/mol. The van der Waals surface area contributed by atoms with Gasteiger partial charge < -0.3 is 4.90 Å². The SMILES string of the molecule is CN(C)C(=O)NC(=N)SC1CCCCCCC1. The molecular weight excluding hydrogens is 234 g/mol. The van der Waals surface area contributed by atoms with Crippen molar-refractivity contribution in [1.82, 2.24) is 10.2 Å². The molecule has 0 aromatic carbocycles. The van der Waals surface area contributed by atoms with E-state index in [0.29, 0.717) is 5.25 Å². The van der Waals surface area contributed by atoms with Crippen LogP contribution in [0, 0.1) is 5.41 Å². The molecule has 5 heteroatoms. The highest BCUT2D eigenvalue weighted by molar-refractivity contribution is 8.14. The van der Waals surface area contributed by atoms with Crippen molar-refractivity contribution >= 4 is 23.0 Å². The van der Waals surface area contributed by atoms with Gasteiger partial charge in [-0.05, 0) is 12.8 Å². The van der Waals surface area contributed by atoms with Gasteiger partial charge in [0.15, 0.2) is 5.17 Å². The molecule has 1 aliphatic carbocycles. The summed E-state index contributed by atoms with van der Waals surface area (Å²) in [6.45, 7) is 0. The third kappa shape index (κ3) is 5.96. The summed E-state index contributed by atoms with van der Waals surface area (Å²) < 4.78 is 0. The van der Waals surface area contributed by atoms with E-state index in [2.05, 4.69) is 5.32 Å². The molecule has 0 spiro atoms. The van der Waals surface area contributed by atoms with Gasteiger partial charge in [-0.1, -0.05) is 43.9 Å². The van der Waals surface area contributed by atoms with Gasteiger partial charge in [0, 0.05) is 19.3 Å². The van der Waals surface area contributed by atoms with Gasteiger partial charge in [-0.2, -0.15) is 0 Å². The first-order valence-corrected chi connectivity index (χ1v) is 7.21. The van der Waals surface area contributed by atoms with Crippen molar-refractivity contribution in [2.45, 2.75) is 50.2 Å². The second kappa shape index (κ2) is 7.58. The molecule has 2 amide bonds. The van der Waals surface area contributed by atoms with Crippen LogP contribution in [-0.2, 0) is 0 Å². The molecule has 0 atom stereocenters. The van der Waals surface area contributed by atoms with Crippen LogP contribution in [0.5, 0.6) is 0 Å². The lowest BCUT2D eigenvalue weighted by Crippen LogP contribution is -2.37. The lowest BCUT2D eigenvalue weighted by molar-refractivity contribution is 0.222. The standard InChI is InChI=1S/C12H23N3OS/c1-15(2)12(16)14-11(13)17-10-8-6-4-3-5-7-9-10/h10H,3-9H2,1-2H3,(H2,13,14,16). The summed E-state index contributed by atoms with van der Waals surface area (Å²) in [5.74, 6) is 0. The van der Waals surface area contributed by atoms with E-state index in [4.69, 9.17) is 5.41 Å². The van der Waals surface area contributed by atoms with E-state index in [1.165, 1.54) is 61.6 Å². The molecular formula is C12H23N3OS. The molecule has 0 aliphatic heterocycles. The molecule has 0 radical (unpaired) electrons. The molecule has 0 heterocycles. The Balaban J connectivity index is 2.30. The molecule has 2 N–H and O–H groups in total. The third-order valence-corrected chi connectivity index (χ3v) is 4.11. The summed E-state index contributed by atoms with van der Waals surface area (Å²) in [4.78, 5) is 12.8. The minimum atomic E-state index is -0.214. The quantitative estimate of drug-likeness (QED) is 0.560. The number of nitrogens with one attached hydrogen (secondary N) is 2. The Hall–Kier alpha value is -0.710. The molecule has 0 aromatic heterocycles. The Kier molecular flexibility index (Phi) is 6.40. The maximum absolute atomic E-state index is 11.4. The lowest BCUT2D eigenvalue weighted by atomic mass is 10.0. The second-order valence-electron chi connectivity index (χ2n) is 4.74. The van der Waals surface area contributed by atoms with Gasteiger partial charge in [-0.15, -0.1) is 0 Å². The smallest absolute Gasteiger partial charge is 0.322 e. The highest BCUT2D eigenvalue weighted by Crippen LogP contribution is 2.26. The van der Waals surface area contributed by atoms with Crippen LogP contribution in [0.3, 0.4) is 0 Å². The maximum Gasteiger partial charge on any atom is 0.322 e. The zero-order chi connectivity index (χ0) is 12.7. The second-order valence-corrected chi connectivity index (χ2v) is 6.05. The van der Waals surface area contributed by atoms with E-state index in [1.54, 1.807) is 14.1 Å². The van der Waals surface area contributed by atoms with Crippen LogP contribution >= 0.6 is 11.8 Å². The largest absolute Gasteiger partial charge is 0.331 e. The number of carbonyl (C=O) groups is 1. The highest BCUT2D eigenvalue weighted by atomic mass is 32.2. The van der Waals surface area contributed by atoms with Crippen LogP contribution in [0.15, 0.2) is 0 Å². The number of hydrogen-bond acceptors (Lipinski definition) is 3. The van der Waals surface area contributed by atoms with Crippen LogP contribution in [0.1, 0.15) is 44.9 Å². The van der Waals surface area contributed by atoms with E-state index in [-0.39, 0.29) is 11.2 Å². The first kappa shape index (κ1) is 14.4. The molecule has 0 saturated heterocycles. The minimum absolute atomic E-state index is 0.214. The number of urea groups is 1. The van der Waals surface area contributed by atoms with Gasteiger partial charge in [0.1, 0.15) is 0 Å². The van der Waals surface area contributed by atoms with E-state index in [9.17, 15) is 4.79 Å². The molecule has 1 aliphatic rings. The average Bonchev–Trinajstić information content (AvgIpc) is 2.21. The molecule has 98 valence electrons. The molecule has 1 fully saturated rings. The zero-order valence-corrected chi connectivity index (χ0v) is 11.6. The predicted octanol–water partition coefficient (Wildman–Crippen LogP) is 3.04. The van der Waals surface area contributed by atoms with E-state index >= 15 is 0 Å². The van der Waals surface area contributed by atoms with Crippen molar-refractivity contribution in [2.24, 2.45) is 0 Å². The Morgan fingerprint density at radius 3 is 2.24 bits per heavy atom. The fourth-order valence-electron chi connectivity index (χ4n) is 1.94. The summed E-state index contributed by atoms with van der Waals surface area (Å²) in [6.07, 6.45) is 8.84. The van der Waals surface area contributed by atoms with E-state index < -0.39 is 0 Å². The topological polar surface area (TPSA) is 56.2 Å². The fraction of sp³-hybridized carbons (Fsp3) is 0.833. The van der Waals surface area contributed by atoms with Gasteiger partial charge in [0.2, 0.25) is 0 Å². The Morgan fingerprint density at radius 1 is 1.18 bits per heavy atom. The highest BCUT2D eigenvalue weighted by Gasteiger charge is 2.15. The van der Waals surface area contributed by atoms with E-state index in [0.717, 1.165) is 0 Å². The summed E-state index contributed by atoms with van der Waals surface area (Å²) in [5.41, 5.74) is 0. The van der Waals surface area contributed by atoms with Crippen molar-refractivity contribution in [2.75, 3.05) is 14.1 Å². The monoisotopic (exact) mass is 257 g/mol. The lowest BCUT2D eigenvalue weighted by Gasteiger charge is -2.20. The number of amidine groups is 1. The number of thioether (sulfide) groups is 1. The van der Waals surface area contributed by atoms with Gasteiger partial charge in [-0.25, -0.2) is 4.79 Å². The van der Waals surface area contributed by atoms with Crippen molar-refractivity contribution in [3.63, 3.8) is 0 Å². The summed E-state index contributed by atoms with van der Waals surface area (Å²) >= 11 is 1.51. The Morgan fingerprint density at radius 2 is 1.71 bits per heavy atom. The maximum atomic E-state index is 11.4. The number of carbonyl (C=O) groups excluding carboxylic acids is 1.